The molecule has 29 heavy (non-hydrogen) atoms. The van der Waals surface area contributed by atoms with Crippen molar-refractivity contribution >= 4 is 40.2 Å². The molecule has 1 atom stereocenters. The summed E-state index contributed by atoms with van der Waals surface area (Å²) in [7, 11) is 0. The van der Waals surface area contributed by atoms with Crippen molar-refractivity contribution in [2.75, 3.05) is 5.32 Å². The second-order valence-corrected chi connectivity index (χ2v) is 7.96. The lowest BCUT2D eigenvalue weighted by molar-refractivity contribution is -0.137. The first kappa shape index (κ1) is 21.0. The van der Waals surface area contributed by atoms with Gasteiger partial charge in [-0.3, -0.25) is 9.59 Å². The molecule has 0 saturated carbocycles. The van der Waals surface area contributed by atoms with Gasteiger partial charge in [0.15, 0.2) is 0 Å². The number of carbonyl (C=O) groups is 2. The van der Waals surface area contributed by atoms with E-state index >= 15 is 0 Å². The maximum atomic E-state index is 12.7. The molecule has 2 amide bonds. The van der Waals surface area contributed by atoms with E-state index in [9.17, 15) is 27.9 Å². The predicted molar refractivity (Wildman–Crippen MR) is 105 cm³/mol. The Hall–Kier alpha value is -2.69. The molecule has 2 heterocycles. The van der Waals surface area contributed by atoms with Gasteiger partial charge in [-0.15, -0.1) is 11.3 Å². The van der Waals surface area contributed by atoms with Crippen LogP contribution in [-0.4, -0.2) is 16.9 Å². The smallest absolute Gasteiger partial charge is 0.383 e. The molecule has 152 valence electrons. The summed E-state index contributed by atoms with van der Waals surface area (Å²) in [5.74, 6) is -2.05. The van der Waals surface area contributed by atoms with Gasteiger partial charge in [0, 0.05) is 15.4 Å². The fourth-order valence-corrected chi connectivity index (χ4v) is 4.09. The summed E-state index contributed by atoms with van der Waals surface area (Å²) in [6, 6.07) is 9.30. The first-order chi connectivity index (χ1) is 13.7. The van der Waals surface area contributed by atoms with Gasteiger partial charge in [0.2, 0.25) is 0 Å². The maximum Gasteiger partial charge on any atom is 0.416 e. The number of hydrogen-bond acceptors (Lipinski definition) is 5. The van der Waals surface area contributed by atoms with Crippen molar-refractivity contribution in [1.82, 2.24) is 5.32 Å². The Bertz CT molecular complexity index is 1000. The van der Waals surface area contributed by atoms with Crippen molar-refractivity contribution in [2.24, 2.45) is 0 Å². The quantitative estimate of drug-likeness (QED) is 0.521. The van der Waals surface area contributed by atoms with Crippen LogP contribution in [0.1, 0.15) is 27.0 Å². The zero-order chi connectivity index (χ0) is 21.0. The molecule has 1 aromatic carbocycles. The molecule has 1 unspecified atom stereocenters. The lowest BCUT2D eigenvalue weighted by Crippen LogP contribution is -2.34. The lowest BCUT2D eigenvalue weighted by atomic mass is 10.2. The number of aliphatic hydroxyl groups is 1. The molecule has 0 radical (unpaired) electrons. The summed E-state index contributed by atoms with van der Waals surface area (Å²) in [5, 5.41) is 18.5. The monoisotopic (exact) mass is 440 g/mol. The summed E-state index contributed by atoms with van der Waals surface area (Å²) in [6.45, 7) is 0.0515. The fourth-order valence-electron chi connectivity index (χ4n) is 2.44. The van der Waals surface area contributed by atoms with Crippen LogP contribution in [-0.2, 0) is 22.3 Å². The minimum atomic E-state index is -4.55. The zero-order valence-electron chi connectivity index (χ0n) is 14.7. The van der Waals surface area contributed by atoms with E-state index in [4.69, 9.17) is 0 Å². The number of carbonyl (C=O) groups excluding carboxylic acids is 2. The molecule has 3 N–H and O–H groups in total. The normalized spacial score (nSPS) is 12.4. The summed E-state index contributed by atoms with van der Waals surface area (Å²) in [4.78, 5) is 25.3. The van der Waals surface area contributed by atoms with Crippen LogP contribution in [0.5, 0.6) is 0 Å². The van der Waals surface area contributed by atoms with Crippen LogP contribution >= 0.6 is 22.7 Å². The molecular formula is C19H15F3N2O3S2. The summed E-state index contributed by atoms with van der Waals surface area (Å²) >= 11 is 2.76. The molecule has 0 fully saturated rings. The Balaban J connectivity index is 1.55. The number of amides is 2. The van der Waals surface area contributed by atoms with E-state index in [1.54, 1.807) is 12.1 Å². The largest absolute Gasteiger partial charge is 0.416 e. The Morgan fingerprint density at radius 2 is 1.90 bits per heavy atom. The number of halogens is 3. The molecule has 3 rings (SSSR count). The first-order valence-corrected chi connectivity index (χ1v) is 10.0. The van der Waals surface area contributed by atoms with E-state index in [1.807, 2.05) is 16.8 Å². The van der Waals surface area contributed by atoms with Crippen LogP contribution in [0.25, 0.3) is 0 Å². The lowest BCUT2D eigenvalue weighted by Gasteiger charge is -2.10. The molecule has 2 aromatic heterocycles. The SMILES string of the molecule is O=C(NCc1ccc(C(O)c2ccsc2)s1)C(=O)Nc1cccc(C(F)(F)F)c1. The molecule has 0 bridgehead atoms. The van der Waals surface area contributed by atoms with Gasteiger partial charge in [0.1, 0.15) is 6.10 Å². The second kappa shape index (κ2) is 8.76. The highest BCUT2D eigenvalue weighted by Crippen LogP contribution is 2.31. The minimum Gasteiger partial charge on any atom is -0.383 e. The van der Waals surface area contributed by atoms with Gasteiger partial charge in [-0.05, 0) is 52.7 Å². The van der Waals surface area contributed by atoms with Crippen molar-refractivity contribution in [3.63, 3.8) is 0 Å². The number of hydrogen-bond donors (Lipinski definition) is 3. The van der Waals surface area contributed by atoms with E-state index in [-0.39, 0.29) is 12.2 Å². The zero-order valence-corrected chi connectivity index (χ0v) is 16.3. The Kier molecular flexibility index (Phi) is 6.36. The van der Waals surface area contributed by atoms with E-state index in [1.165, 1.54) is 28.7 Å². The third kappa shape index (κ3) is 5.43. The third-order valence-corrected chi connectivity index (χ3v) is 5.73. The van der Waals surface area contributed by atoms with Gasteiger partial charge in [-0.25, -0.2) is 0 Å². The van der Waals surface area contributed by atoms with Crippen LogP contribution in [0.15, 0.2) is 53.2 Å². The molecule has 0 aliphatic heterocycles. The van der Waals surface area contributed by atoms with Crippen LogP contribution in [0.3, 0.4) is 0 Å². The van der Waals surface area contributed by atoms with Crippen molar-refractivity contribution in [1.29, 1.82) is 0 Å². The second-order valence-electron chi connectivity index (χ2n) is 5.98. The van der Waals surface area contributed by atoms with Crippen molar-refractivity contribution in [2.45, 2.75) is 18.8 Å². The third-order valence-electron chi connectivity index (χ3n) is 3.89. The van der Waals surface area contributed by atoms with Crippen molar-refractivity contribution in [3.8, 4) is 0 Å². The summed E-state index contributed by atoms with van der Waals surface area (Å²) in [5.41, 5.74) is -0.281. The van der Waals surface area contributed by atoms with E-state index < -0.39 is 29.7 Å². The number of alkyl halides is 3. The fraction of sp³-hybridized carbons (Fsp3) is 0.158. The summed E-state index contributed by atoms with van der Waals surface area (Å²) in [6.07, 6.45) is -5.31. The average molecular weight is 440 g/mol. The van der Waals surface area contributed by atoms with Gasteiger partial charge < -0.3 is 15.7 Å². The molecule has 10 heteroatoms. The number of rotatable bonds is 5. The van der Waals surface area contributed by atoms with Crippen molar-refractivity contribution < 1.29 is 27.9 Å². The molecular weight excluding hydrogens is 425 g/mol. The molecule has 3 aromatic rings. The van der Waals surface area contributed by atoms with E-state index in [2.05, 4.69) is 10.6 Å². The Labute approximate surface area is 171 Å². The number of benzene rings is 1. The predicted octanol–water partition coefficient (Wildman–Crippen LogP) is 4.17. The molecule has 5 nitrogen and oxygen atoms in total. The van der Waals surface area contributed by atoms with Crippen LogP contribution in [0, 0.1) is 0 Å². The van der Waals surface area contributed by atoms with Crippen molar-refractivity contribution in [3.05, 3.63) is 74.1 Å². The molecule has 0 aliphatic carbocycles. The Morgan fingerprint density at radius 1 is 1.10 bits per heavy atom. The Morgan fingerprint density at radius 3 is 2.59 bits per heavy atom. The highest BCUT2D eigenvalue weighted by molar-refractivity contribution is 7.12. The van der Waals surface area contributed by atoms with Gasteiger partial charge in [0.25, 0.3) is 0 Å². The molecule has 0 saturated heterocycles. The number of aliphatic hydroxyl groups excluding tert-OH is 1. The highest BCUT2D eigenvalue weighted by atomic mass is 32.1. The van der Waals surface area contributed by atoms with Crippen LogP contribution in [0.2, 0.25) is 0 Å². The van der Waals surface area contributed by atoms with E-state index in [0.29, 0.717) is 4.88 Å². The van der Waals surface area contributed by atoms with Crippen LogP contribution in [0.4, 0.5) is 18.9 Å². The number of thiophene rings is 2. The number of nitrogens with one attached hydrogen (secondary N) is 2. The van der Waals surface area contributed by atoms with E-state index in [0.717, 1.165) is 28.6 Å². The van der Waals surface area contributed by atoms with Gasteiger partial charge in [0.05, 0.1) is 12.1 Å². The highest BCUT2D eigenvalue weighted by Gasteiger charge is 2.30. The molecule has 0 spiro atoms. The average Bonchev–Trinajstić information content (AvgIpc) is 3.37. The first-order valence-electron chi connectivity index (χ1n) is 8.29. The van der Waals surface area contributed by atoms with Gasteiger partial charge in [-0.1, -0.05) is 6.07 Å². The summed E-state index contributed by atoms with van der Waals surface area (Å²) < 4.78 is 38.1. The van der Waals surface area contributed by atoms with Gasteiger partial charge in [-0.2, -0.15) is 24.5 Å². The maximum absolute atomic E-state index is 12.7. The molecule has 0 aliphatic rings. The topological polar surface area (TPSA) is 78.4 Å². The standard InChI is InChI=1S/C19H15F3N2O3S2/c20-19(21,22)12-2-1-3-13(8-12)24-18(27)17(26)23-9-14-4-5-15(29-14)16(25)11-6-7-28-10-11/h1-8,10,16,25H,9H2,(H,23,26)(H,24,27). The number of anilines is 1. The minimum absolute atomic E-state index is 0.0515. The van der Waals surface area contributed by atoms with Gasteiger partial charge >= 0.3 is 18.0 Å². The van der Waals surface area contributed by atoms with Crippen LogP contribution < -0.4 is 10.6 Å².